The predicted molar refractivity (Wildman–Crippen MR) is 113 cm³/mol. The summed E-state index contributed by atoms with van der Waals surface area (Å²) in [6.45, 7) is 9.14. The summed E-state index contributed by atoms with van der Waals surface area (Å²) in [6, 6.07) is 8.84. The molecular weight excluding hydrogens is 355 g/mol. The van der Waals surface area contributed by atoms with Crippen LogP contribution in [0, 0.1) is 19.7 Å². The molecule has 0 aliphatic carbocycles. The van der Waals surface area contributed by atoms with Crippen molar-refractivity contribution in [1.29, 1.82) is 0 Å². The van der Waals surface area contributed by atoms with Crippen LogP contribution in [-0.4, -0.2) is 54.4 Å². The number of hydrogen-bond acceptors (Lipinski definition) is 3. The SMILES string of the molecule is CCNC(=NCC(c1cccc(F)c1)N(C)C)NCCCn1nc(C)cc1C. The number of likely N-dealkylation sites (N-methyl/N-ethyl adjacent to an activating group) is 1. The molecule has 0 aliphatic rings. The van der Waals surface area contributed by atoms with Crippen LogP contribution < -0.4 is 10.6 Å². The average molecular weight is 389 g/mol. The van der Waals surface area contributed by atoms with Crippen LogP contribution in [0.5, 0.6) is 0 Å². The summed E-state index contributed by atoms with van der Waals surface area (Å²) < 4.78 is 15.6. The molecule has 0 amide bonds. The Hall–Kier alpha value is -2.41. The maximum atomic E-state index is 13.6. The van der Waals surface area contributed by atoms with E-state index in [0.29, 0.717) is 6.54 Å². The van der Waals surface area contributed by atoms with E-state index < -0.39 is 0 Å². The number of aliphatic imine (C=N–C) groups is 1. The van der Waals surface area contributed by atoms with Crippen LogP contribution in [-0.2, 0) is 6.54 Å². The van der Waals surface area contributed by atoms with Crippen molar-refractivity contribution in [3.8, 4) is 0 Å². The topological polar surface area (TPSA) is 57.5 Å². The van der Waals surface area contributed by atoms with Crippen LogP contribution in [0.15, 0.2) is 35.3 Å². The lowest BCUT2D eigenvalue weighted by Crippen LogP contribution is -2.38. The van der Waals surface area contributed by atoms with E-state index in [9.17, 15) is 4.39 Å². The molecule has 1 unspecified atom stereocenters. The van der Waals surface area contributed by atoms with Crippen molar-refractivity contribution in [2.75, 3.05) is 33.7 Å². The van der Waals surface area contributed by atoms with Crippen molar-refractivity contribution in [3.63, 3.8) is 0 Å². The van der Waals surface area contributed by atoms with Crippen molar-refractivity contribution < 1.29 is 4.39 Å². The molecule has 0 saturated heterocycles. The van der Waals surface area contributed by atoms with E-state index in [1.165, 1.54) is 11.8 Å². The molecule has 2 N–H and O–H groups in total. The van der Waals surface area contributed by atoms with Gasteiger partial charge in [-0.15, -0.1) is 0 Å². The lowest BCUT2D eigenvalue weighted by atomic mass is 10.1. The highest BCUT2D eigenvalue weighted by molar-refractivity contribution is 5.79. The second kappa shape index (κ2) is 10.8. The van der Waals surface area contributed by atoms with Crippen molar-refractivity contribution >= 4 is 5.96 Å². The third kappa shape index (κ3) is 6.64. The van der Waals surface area contributed by atoms with E-state index in [-0.39, 0.29) is 11.9 Å². The Morgan fingerprint density at radius 2 is 2.04 bits per heavy atom. The molecule has 6 nitrogen and oxygen atoms in total. The molecule has 0 bridgehead atoms. The molecule has 0 aliphatic heterocycles. The van der Waals surface area contributed by atoms with Crippen molar-refractivity contribution in [2.45, 2.75) is 39.8 Å². The molecule has 0 fully saturated rings. The van der Waals surface area contributed by atoms with Gasteiger partial charge in [-0.25, -0.2) is 4.39 Å². The molecule has 1 atom stereocenters. The van der Waals surface area contributed by atoms with E-state index in [1.54, 1.807) is 12.1 Å². The number of hydrogen-bond donors (Lipinski definition) is 2. The Kier molecular flexibility index (Phi) is 8.44. The molecule has 154 valence electrons. The minimum atomic E-state index is -0.220. The lowest BCUT2D eigenvalue weighted by molar-refractivity contribution is 0.305. The van der Waals surface area contributed by atoms with Gasteiger partial charge in [0.2, 0.25) is 0 Å². The van der Waals surface area contributed by atoms with Crippen molar-refractivity contribution in [2.24, 2.45) is 4.99 Å². The standard InChI is InChI=1S/C21H33FN6/c1-6-23-21(24-11-8-12-28-17(3)13-16(2)26-28)25-15-20(27(4)5)18-9-7-10-19(22)14-18/h7,9-10,13-14,20H,6,8,11-12,15H2,1-5H3,(H2,23,24,25). The molecule has 0 radical (unpaired) electrons. The highest BCUT2D eigenvalue weighted by Gasteiger charge is 2.14. The van der Waals surface area contributed by atoms with Gasteiger partial charge in [0.1, 0.15) is 5.82 Å². The first-order chi connectivity index (χ1) is 13.4. The van der Waals surface area contributed by atoms with E-state index in [4.69, 9.17) is 4.99 Å². The van der Waals surface area contributed by atoms with E-state index >= 15 is 0 Å². The Labute approximate surface area is 167 Å². The van der Waals surface area contributed by atoms with Gasteiger partial charge in [0.15, 0.2) is 5.96 Å². The minimum absolute atomic E-state index is 0.0147. The third-order valence-corrected chi connectivity index (χ3v) is 4.57. The van der Waals surface area contributed by atoms with Gasteiger partial charge >= 0.3 is 0 Å². The van der Waals surface area contributed by atoms with E-state index in [1.807, 2.05) is 38.7 Å². The first-order valence-corrected chi connectivity index (χ1v) is 9.85. The van der Waals surface area contributed by atoms with Crippen LogP contribution in [0.25, 0.3) is 0 Å². The number of nitrogens with one attached hydrogen (secondary N) is 2. The van der Waals surface area contributed by atoms with Crippen molar-refractivity contribution in [3.05, 3.63) is 53.1 Å². The number of benzene rings is 1. The number of halogens is 1. The van der Waals surface area contributed by atoms with Gasteiger partial charge in [0.25, 0.3) is 0 Å². The molecular formula is C21H33FN6. The largest absolute Gasteiger partial charge is 0.357 e. The van der Waals surface area contributed by atoms with E-state index in [2.05, 4.69) is 33.6 Å². The highest BCUT2D eigenvalue weighted by atomic mass is 19.1. The second-order valence-corrected chi connectivity index (χ2v) is 7.18. The first-order valence-electron chi connectivity index (χ1n) is 9.85. The predicted octanol–water partition coefficient (Wildman–Crippen LogP) is 2.89. The van der Waals surface area contributed by atoms with Gasteiger partial charge < -0.3 is 15.5 Å². The number of rotatable bonds is 9. The quantitative estimate of drug-likeness (QED) is 0.394. The molecule has 0 saturated carbocycles. The number of guanidine groups is 1. The fraction of sp³-hybridized carbons (Fsp3) is 0.524. The van der Waals surface area contributed by atoms with Gasteiger partial charge in [0.05, 0.1) is 18.3 Å². The van der Waals surface area contributed by atoms with Crippen LogP contribution in [0.1, 0.15) is 36.3 Å². The van der Waals surface area contributed by atoms with Gasteiger partial charge in [-0.2, -0.15) is 5.10 Å². The average Bonchev–Trinajstić information content (AvgIpc) is 2.95. The minimum Gasteiger partial charge on any atom is -0.357 e. The zero-order chi connectivity index (χ0) is 20.5. The maximum Gasteiger partial charge on any atom is 0.191 e. The summed E-state index contributed by atoms with van der Waals surface area (Å²) in [6.07, 6.45) is 0.952. The molecule has 7 heteroatoms. The van der Waals surface area contributed by atoms with Gasteiger partial charge in [-0.05, 0) is 65.0 Å². The first kappa shape index (κ1) is 21.9. The Morgan fingerprint density at radius 3 is 2.64 bits per heavy atom. The molecule has 1 aromatic carbocycles. The fourth-order valence-corrected chi connectivity index (χ4v) is 3.14. The molecule has 1 heterocycles. The summed E-state index contributed by atoms with van der Waals surface area (Å²) >= 11 is 0. The summed E-state index contributed by atoms with van der Waals surface area (Å²) in [5, 5.41) is 11.1. The van der Waals surface area contributed by atoms with Gasteiger partial charge in [-0.1, -0.05) is 12.1 Å². The van der Waals surface area contributed by atoms with Crippen molar-refractivity contribution in [1.82, 2.24) is 25.3 Å². The zero-order valence-electron chi connectivity index (χ0n) is 17.7. The zero-order valence-corrected chi connectivity index (χ0v) is 17.7. The Balaban J connectivity index is 1.93. The number of nitrogens with zero attached hydrogens (tertiary/aromatic N) is 4. The Bertz CT molecular complexity index is 768. The highest BCUT2D eigenvalue weighted by Crippen LogP contribution is 2.19. The smallest absolute Gasteiger partial charge is 0.191 e. The van der Waals surface area contributed by atoms with Crippen LogP contribution in [0.2, 0.25) is 0 Å². The maximum absolute atomic E-state index is 13.6. The molecule has 2 aromatic rings. The molecule has 1 aromatic heterocycles. The number of aryl methyl sites for hydroxylation is 3. The van der Waals surface area contributed by atoms with Gasteiger partial charge in [0, 0.05) is 25.3 Å². The van der Waals surface area contributed by atoms with Gasteiger partial charge in [-0.3, -0.25) is 9.67 Å². The van der Waals surface area contributed by atoms with Crippen LogP contribution >= 0.6 is 0 Å². The fourth-order valence-electron chi connectivity index (χ4n) is 3.14. The summed E-state index contributed by atoms with van der Waals surface area (Å²) in [4.78, 5) is 6.78. The Morgan fingerprint density at radius 1 is 1.25 bits per heavy atom. The summed E-state index contributed by atoms with van der Waals surface area (Å²) in [5.41, 5.74) is 3.16. The molecule has 28 heavy (non-hydrogen) atoms. The third-order valence-electron chi connectivity index (χ3n) is 4.57. The number of aromatic nitrogens is 2. The summed E-state index contributed by atoms with van der Waals surface area (Å²) in [5.74, 6) is 0.557. The molecule has 2 rings (SSSR count). The second-order valence-electron chi connectivity index (χ2n) is 7.18. The van der Waals surface area contributed by atoms with Crippen LogP contribution in [0.3, 0.4) is 0 Å². The summed E-state index contributed by atoms with van der Waals surface area (Å²) in [7, 11) is 3.97. The monoisotopic (exact) mass is 388 g/mol. The lowest BCUT2D eigenvalue weighted by Gasteiger charge is -2.23. The van der Waals surface area contributed by atoms with Crippen LogP contribution in [0.4, 0.5) is 4.39 Å². The molecule has 0 spiro atoms. The normalized spacial score (nSPS) is 13.0. The van der Waals surface area contributed by atoms with E-state index in [0.717, 1.165) is 43.3 Å².